The number of nitrogens with zero attached hydrogens (tertiary/aromatic N) is 2. The number of hydrogen-bond acceptors (Lipinski definition) is 4. The van der Waals surface area contributed by atoms with E-state index < -0.39 is 0 Å². The van der Waals surface area contributed by atoms with Crippen molar-refractivity contribution in [3.8, 4) is 0 Å². The second-order valence-corrected chi connectivity index (χ2v) is 4.73. The third-order valence-corrected chi connectivity index (χ3v) is 2.50. The molecule has 0 saturated carbocycles. The maximum Gasteiger partial charge on any atom is 0.144 e. The summed E-state index contributed by atoms with van der Waals surface area (Å²) in [5, 5.41) is 20.8. The highest BCUT2D eigenvalue weighted by Crippen LogP contribution is 2.20. The van der Waals surface area contributed by atoms with Gasteiger partial charge in [-0.3, -0.25) is 0 Å². The van der Waals surface area contributed by atoms with Gasteiger partial charge in [0.25, 0.3) is 0 Å². The van der Waals surface area contributed by atoms with E-state index >= 15 is 0 Å². The van der Waals surface area contributed by atoms with Gasteiger partial charge in [0.05, 0.1) is 6.10 Å². The van der Waals surface area contributed by atoms with E-state index in [0.717, 1.165) is 13.0 Å². The van der Waals surface area contributed by atoms with E-state index in [-0.39, 0.29) is 17.4 Å². The zero-order valence-electron chi connectivity index (χ0n) is 10.1. The number of aliphatic hydroxyl groups excluding tert-OH is 1. The fraction of sp³-hybridized carbons (Fsp3) is 0.900. The van der Waals surface area contributed by atoms with Crippen LogP contribution in [0, 0.1) is 5.41 Å². The average Bonchev–Trinajstić information content (AvgIpc) is 2.12. The quantitative estimate of drug-likeness (QED) is 0.261. The molecule has 0 bridgehead atoms. The molecule has 0 aliphatic heterocycles. The first-order valence-corrected chi connectivity index (χ1v) is 5.14. The van der Waals surface area contributed by atoms with Crippen molar-refractivity contribution < 1.29 is 10.3 Å². The van der Waals surface area contributed by atoms with E-state index in [1.165, 1.54) is 0 Å². The molecule has 0 saturated heterocycles. The fourth-order valence-electron chi connectivity index (χ4n) is 1.28. The standard InChI is InChI=1S/C10H23N3O2/c1-8(14)7-13(4)6-5-10(2,3)9(11)12-15/h8,14-15H,5-7H2,1-4H3,(H2,11,12). The van der Waals surface area contributed by atoms with Crippen molar-refractivity contribution in [1.82, 2.24) is 4.90 Å². The molecule has 0 rings (SSSR count). The maximum atomic E-state index is 9.18. The fourth-order valence-corrected chi connectivity index (χ4v) is 1.28. The predicted octanol–water partition coefficient (Wildman–Crippen LogP) is 0.462. The zero-order valence-corrected chi connectivity index (χ0v) is 10.1. The second-order valence-electron chi connectivity index (χ2n) is 4.73. The summed E-state index contributed by atoms with van der Waals surface area (Å²) < 4.78 is 0. The molecule has 0 aromatic rings. The van der Waals surface area contributed by atoms with E-state index in [1.807, 2.05) is 25.8 Å². The highest BCUT2D eigenvalue weighted by Gasteiger charge is 2.23. The van der Waals surface area contributed by atoms with Crippen molar-refractivity contribution in [2.75, 3.05) is 20.1 Å². The average molecular weight is 217 g/mol. The summed E-state index contributed by atoms with van der Waals surface area (Å²) in [5.74, 6) is 0.243. The van der Waals surface area contributed by atoms with Crippen LogP contribution in [-0.2, 0) is 0 Å². The van der Waals surface area contributed by atoms with E-state index in [1.54, 1.807) is 6.92 Å². The number of nitrogens with two attached hydrogens (primary N) is 1. The van der Waals surface area contributed by atoms with Crippen LogP contribution in [0.3, 0.4) is 0 Å². The molecule has 0 heterocycles. The highest BCUT2D eigenvalue weighted by atomic mass is 16.4. The molecule has 0 aromatic carbocycles. The normalized spacial score (nSPS) is 15.7. The van der Waals surface area contributed by atoms with Gasteiger partial charge < -0.3 is 20.9 Å². The number of likely N-dealkylation sites (N-methyl/N-ethyl adjacent to an activating group) is 1. The van der Waals surface area contributed by atoms with Gasteiger partial charge in [-0.25, -0.2) is 0 Å². The Kier molecular flexibility index (Phi) is 5.60. The summed E-state index contributed by atoms with van der Waals surface area (Å²) in [5.41, 5.74) is 5.25. The molecule has 5 nitrogen and oxygen atoms in total. The van der Waals surface area contributed by atoms with Crippen LogP contribution < -0.4 is 5.73 Å². The Morgan fingerprint density at radius 3 is 2.47 bits per heavy atom. The summed E-state index contributed by atoms with van der Waals surface area (Å²) in [6.07, 6.45) is 0.452. The maximum absolute atomic E-state index is 9.18. The minimum absolute atomic E-state index is 0.243. The van der Waals surface area contributed by atoms with Gasteiger partial charge in [-0.1, -0.05) is 19.0 Å². The van der Waals surface area contributed by atoms with Gasteiger partial charge in [0.2, 0.25) is 0 Å². The molecule has 5 heteroatoms. The largest absolute Gasteiger partial charge is 0.409 e. The van der Waals surface area contributed by atoms with Gasteiger partial charge in [0.15, 0.2) is 0 Å². The van der Waals surface area contributed by atoms with Crippen LogP contribution in [0.25, 0.3) is 0 Å². The number of oxime groups is 1. The molecule has 0 spiro atoms. The van der Waals surface area contributed by atoms with E-state index in [2.05, 4.69) is 5.16 Å². The topological polar surface area (TPSA) is 82.1 Å². The minimum Gasteiger partial charge on any atom is -0.409 e. The Labute approximate surface area is 91.6 Å². The lowest BCUT2D eigenvalue weighted by Gasteiger charge is -2.26. The van der Waals surface area contributed by atoms with Crippen LogP contribution in [0.1, 0.15) is 27.2 Å². The van der Waals surface area contributed by atoms with Gasteiger partial charge >= 0.3 is 0 Å². The summed E-state index contributed by atoms with van der Waals surface area (Å²) in [6, 6.07) is 0. The molecule has 0 amide bonds. The molecule has 15 heavy (non-hydrogen) atoms. The Morgan fingerprint density at radius 1 is 1.53 bits per heavy atom. The first kappa shape index (κ1) is 14.2. The molecule has 0 radical (unpaired) electrons. The van der Waals surface area contributed by atoms with Crippen LogP contribution in [0.4, 0.5) is 0 Å². The summed E-state index contributed by atoms with van der Waals surface area (Å²) in [7, 11) is 1.94. The third-order valence-electron chi connectivity index (χ3n) is 2.50. The predicted molar refractivity (Wildman–Crippen MR) is 61.0 cm³/mol. The van der Waals surface area contributed by atoms with Crippen molar-refractivity contribution in [3.63, 3.8) is 0 Å². The summed E-state index contributed by atoms with van der Waals surface area (Å²) in [4.78, 5) is 2.02. The monoisotopic (exact) mass is 217 g/mol. The lowest BCUT2D eigenvalue weighted by Crippen LogP contribution is -2.36. The molecule has 0 aliphatic carbocycles. The van der Waals surface area contributed by atoms with E-state index in [9.17, 15) is 5.11 Å². The van der Waals surface area contributed by atoms with E-state index in [4.69, 9.17) is 10.9 Å². The molecule has 0 aromatic heterocycles. The van der Waals surface area contributed by atoms with Gasteiger partial charge in [0.1, 0.15) is 5.84 Å². The number of aliphatic hydroxyl groups is 1. The van der Waals surface area contributed by atoms with Crippen LogP contribution in [0.15, 0.2) is 5.16 Å². The van der Waals surface area contributed by atoms with Gasteiger partial charge in [-0.05, 0) is 26.9 Å². The second kappa shape index (κ2) is 5.92. The Bertz CT molecular complexity index is 215. The highest BCUT2D eigenvalue weighted by molar-refractivity contribution is 5.85. The van der Waals surface area contributed by atoms with Crippen LogP contribution >= 0.6 is 0 Å². The minimum atomic E-state index is -0.332. The lowest BCUT2D eigenvalue weighted by atomic mass is 9.88. The van der Waals surface area contributed by atoms with Crippen molar-refractivity contribution in [2.24, 2.45) is 16.3 Å². The molecule has 0 aliphatic rings. The van der Waals surface area contributed by atoms with Crippen molar-refractivity contribution in [3.05, 3.63) is 0 Å². The number of hydrogen-bond donors (Lipinski definition) is 3. The Morgan fingerprint density at radius 2 is 2.07 bits per heavy atom. The Hall–Kier alpha value is -0.810. The van der Waals surface area contributed by atoms with E-state index in [0.29, 0.717) is 6.54 Å². The summed E-state index contributed by atoms with van der Waals surface area (Å²) >= 11 is 0. The molecular formula is C10H23N3O2. The molecule has 1 unspecified atom stereocenters. The SMILES string of the molecule is CC(O)CN(C)CCC(C)(C)C(N)=NO. The number of rotatable bonds is 6. The van der Waals surface area contributed by atoms with Gasteiger partial charge in [-0.15, -0.1) is 0 Å². The molecule has 4 N–H and O–H groups in total. The van der Waals surface area contributed by atoms with Crippen LogP contribution in [0.5, 0.6) is 0 Å². The lowest BCUT2D eigenvalue weighted by molar-refractivity contribution is 0.136. The number of amidine groups is 1. The van der Waals surface area contributed by atoms with Gasteiger partial charge in [0, 0.05) is 12.0 Å². The first-order valence-electron chi connectivity index (χ1n) is 5.14. The molecular weight excluding hydrogens is 194 g/mol. The third kappa shape index (κ3) is 5.59. The summed E-state index contributed by atoms with van der Waals surface area (Å²) in [6.45, 7) is 7.04. The molecule has 90 valence electrons. The molecule has 1 atom stereocenters. The zero-order chi connectivity index (χ0) is 12.1. The van der Waals surface area contributed by atoms with Gasteiger partial charge in [-0.2, -0.15) is 0 Å². The first-order chi connectivity index (χ1) is 6.79. The van der Waals surface area contributed by atoms with Crippen molar-refractivity contribution in [2.45, 2.75) is 33.3 Å². The Balaban J connectivity index is 4.04. The van der Waals surface area contributed by atoms with Crippen LogP contribution in [-0.4, -0.2) is 47.3 Å². The van der Waals surface area contributed by atoms with Crippen LogP contribution in [0.2, 0.25) is 0 Å². The molecule has 0 fully saturated rings. The smallest absolute Gasteiger partial charge is 0.144 e. The van der Waals surface area contributed by atoms with Crippen molar-refractivity contribution >= 4 is 5.84 Å². The van der Waals surface area contributed by atoms with Crippen molar-refractivity contribution in [1.29, 1.82) is 0 Å².